The molecule has 1 saturated heterocycles. The molecule has 10 nitrogen and oxygen atoms in total. The fourth-order valence-corrected chi connectivity index (χ4v) is 9.63. The highest BCUT2D eigenvalue weighted by atomic mass is 16.5. The van der Waals surface area contributed by atoms with Crippen LogP contribution in [0.15, 0.2) is 106 Å². The molecule has 5 aliphatic heterocycles. The van der Waals surface area contributed by atoms with Gasteiger partial charge >= 0.3 is 11.9 Å². The van der Waals surface area contributed by atoms with Gasteiger partial charge in [-0.1, -0.05) is 117 Å². The summed E-state index contributed by atoms with van der Waals surface area (Å²) < 4.78 is 11.0. The van der Waals surface area contributed by atoms with Gasteiger partial charge in [-0.05, 0) is 68.1 Å². The summed E-state index contributed by atoms with van der Waals surface area (Å²) in [6, 6.07) is 0. The summed E-state index contributed by atoms with van der Waals surface area (Å²) in [7, 11) is 1.40. The first-order valence-corrected chi connectivity index (χ1v) is 23.5. The van der Waals surface area contributed by atoms with Crippen LogP contribution in [0.5, 0.6) is 0 Å². The normalized spacial score (nSPS) is 20.6. The summed E-state index contributed by atoms with van der Waals surface area (Å²) in [6.45, 7) is 10.4. The van der Waals surface area contributed by atoms with E-state index in [2.05, 4.69) is 19.2 Å². The first-order chi connectivity index (χ1) is 29.6. The van der Waals surface area contributed by atoms with E-state index in [-0.39, 0.29) is 36.6 Å². The molecule has 10 heteroatoms. The highest BCUT2D eigenvalue weighted by molar-refractivity contribution is 6.28. The van der Waals surface area contributed by atoms with E-state index in [1.807, 2.05) is 32.9 Å². The number of aliphatic hydroxyl groups excluding tert-OH is 2. The van der Waals surface area contributed by atoms with Crippen molar-refractivity contribution in [3.63, 3.8) is 0 Å². The molecule has 8 bridgehead atoms. The van der Waals surface area contributed by atoms with Gasteiger partial charge in [-0.3, -0.25) is 4.79 Å². The minimum atomic E-state index is -0.411. The Morgan fingerprint density at radius 1 is 0.787 bits per heavy atom. The minimum absolute atomic E-state index is 0.0148. The maximum atomic E-state index is 14.1. The summed E-state index contributed by atoms with van der Waals surface area (Å²) in [5.41, 5.74) is 10.7. The van der Waals surface area contributed by atoms with Gasteiger partial charge in [0.1, 0.15) is 5.76 Å². The monoisotopic (exact) mass is 835 g/mol. The molecule has 1 fully saturated rings. The maximum Gasteiger partial charge on any atom is 0.340 e. The molecule has 330 valence electrons. The number of hydrogen-bond acceptors (Lipinski definition) is 10. The Hall–Kier alpha value is -4.57. The first-order valence-electron chi connectivity index (χ1n) is 23.5. The van der Waals surface area contributed by atoms with Gasteiger partial charge in [-0.25, -0.2) is 19.8 Å². The van der Waals surface area contributed by atoms with Crippen LogP contribution in [0.3, 0.4) is 0 Å². The molecule has 0 radical (unpaired) electrons. The van der Waals surface area contributed by atoms with Crippen LogP contribution in [0, 0.1) is 11.8 Å². The number of nitrogens with one attached hydrogen (secondary N) is 1. The summed E-state index contributed by atoms with van der Waals surface area (Å²) in [5.74, 6) is -0.501. The summed E-state index contributed by atoms with van der Waals surface area (Å²) in [6.07, 6.45) is 27.9. The molecule has 6 rings (SSSR count). The summed E-state index contributed by atoms with van der Waals surface area (Å²) in [5, 5.41) is 25.7. The molecule has 6 aliphatic rings. The first kappa shape index (κ1) is 45.9. The number of hydrogen-bond donors (Lipinski definition) is 3. The molecule has 0 saturated carbocycles. The molecule has 2 atom stereocenters. The predicted molar refractivity (Wildman–Crippen MR) is 245 cm³/mol. The Morgan fingerprint density at radius 3 is 2.00 bits per heavy atom. The second-order valence-electron chi connectivity index (χ2n) is 17.6. The molecular formula is C51H70N4O6. The number of carbonyl (C=O) groups is 2. The van der Waals surface area contributed by atoms with E-state index in [1.165, 1.54) is 90.6 Å². The summed E-state index contributed by atoms with van der Waals surface area (Å²) in [4.78, 5) is 41.6. The number of methoxy groups -OCH3 is 1. The molecule has 0 aromatic rings. The highest BCUT2D eigenvalue weighted by Crippen LogP contribution is 2.46. The molecule has 0 spiro atoms. The third-order valence-electron chi connectivity index (χ3n) is 13.4. The van der Waals surface area contributed by atoms with Gasteiger partial charge in [0.25, 0.3) is 0 Å². The van der Waals surface area contributed by atoms with Crippen molar-refractivity contribution >= 4 is 29.1 Å². The smallest absolute Gasteiger partial charge is 0.340 e. The van der Waals surface area contributed by atoms with Crippen molar-refractivity contribution in [3.05, 3.63) is 91.5 Å². The number of fused-ring (bicyclic) bond motifs is 5. The SMILES string of the molecule is CCCCCCCCCCCCCCCCCCOC(=O)C1=C(CC)C2=CC3=C(C)C4=C(O)CC(=C5NC(=CC6=NC(=CC1=N2)C(CO)=C6C)[C@@H](C)[C@@H]5CCC(=O)OC)C4=N3. The lowest BCUT2D eigenvalue weighted by molar-refractivity contribution is -0.141. The van der Waals surface area contributed by atoms with Crippen molar-refractivity contribution < 1.29 is 29.3 Å². The average Bonchev–Trinajstić information content (AvgIpc) is 4.02. The van der Waals surface area contributed by atoms with Crippen molar-refractivity contribution in [3.8, 4) is 0 Å². The zero-order valence-electron chi connectivity index (χ0n) is 37.8. The Morgan fingerprint density at radius 2 is 1.39 bits per heavy atom. The van der Waals surface area contributed by atoms with E-state index >= 15 is 0 Å². The van der Waals surface area contributed by atoms with E-state index < -0.39 is 5.97 Å². The number of aliphatic hydroxyl groups is 2. The zero-order chi connectivity index (χ0) is 43.5. The fourth-order valence-electron chi connectivity index (χ4n) is 9.63. The number of carbonyl (C=O) groups excluding carboxylic acids is 2. The molecule has 0 unspecified atom stereocenters. The number of esters is 2. The number of allylic oxidation sites excluding steroid dienone is 10. The van der Waals surface area contributed by atoms with Crippen LogP contribution < -0.4 is 5.32 Å². The lowest BCUT2D eigenvalue weighted by atomic mass is 9.86. The minimum Gasteiger partial charge on any atom is -0.511 e. The quantitative estimate of drug-likeness (QED) is 0.0687. The van der Waals surface area contributed by atoms with Crippen LogP contribution >= 0.6 is 0 Å². The van der Waals surface area contributed by atoms with Crippen molar-refractivity contribution in [2.75, 3.05) is 20.3 Å². The van der Waals surface area contributed by atoms with Crippen LogP contribution in [-0.4, -0.2) is 59.6 Å². The Kier molecular flexibility index (Phi) is 16.6. The van der Waals surface area contributed by atoms with Gasteiger partial charge in [-0.2, -0.15) is 0 Å². The average molecular weight is 835 g/mol. The Labute approximate surface area is 364 Å². The largest absolute Gasteiger partial charge is 0.511 e. The molecule has 3 N–H and O–H groups in total. The maximum absolute atomic E-state index is 14.1. The molecule has 5 heterocycles. The molecule has 61 heavy (non-hydrogen) atoms. The number of rotatable bonds is 23. The van der Waals surface area contributed by atoms with E-state index in [0.29, 0.717) is 65.5 Å². The van der Waals surface area contributed by atoms with Crippen LogP contribution in [0.2, 0.25) is 0 Å². The molecule has 0 amide bonds. The van der Waals surface area contributed by atoms with Crippen molar-refractivity contribution in [1.29, 1.82) is 0 Å². The van der Waals surface area contributed by atoms with E-state index in [0.717, 1.165) is 64.2 Å². The second-order valence-corrected chi connectivity index (χ2v) is 17.6. The van der Waals surface area contributed by atoms with Crippen molar-refractivity contribution in [2.24, 2.45) is 26.8 Å². The Bertz CT molecular complexity index is 2060. The third kappa shape index (κ3) is 10.7. The van der Waals surface area contributed by atoms with Gasteiger partial charge in [0.05, 0.1) is 60.1 Å². The lowest BCUT2D eigenvalue weighted by Crippen LogP contribution is -2.16. The van der Waals surface area contributed by atoms with Gasteiger partial charge in [0.2, 0.25) is 0 Å². The molecule has 0 aromatic heterocycles. The number of aliphatic imine (C=N–C) groups is 3. The van der Waals surface area contributed by atoms with Crippen molar-refractivity contribution in [1.82, 2.24) is 5.32 Å². The second kappa shape index (κ2) is 22.0. The van der Waals surface area contributed by atoms with Crippen molar-refractivity contribution in [2.45, 2.75) is 163 Å². The third-order valence-corrected chi connectivity index (χ3v) is 13.4. The van der Waals surface area contributed by atoms with Gasteiger partial charge in [-0.15, -0.1) is 0 Å². The van der Waals surface area contributed by atoms with Gasteiger partial charge in [0, 0.05) is 52.8 Å². The van der Waals surface area contributed by atoms with E-state index in [9.17, 15) is 19.8 Å². The fraction of sp³-hybridized carbons (Fsp3) is 0.588. The molecule has 0 aromatic carbocycles. The van der Waals surface area contributed by atoms with Crippen LogP contribution in [0.4, 0.5) is 0 Å². The number of unbranched alkanes of at least 4 members (excludes halogenated alkanes) is 15. The van der Waals surface area contributed by atoms with Gasteiger partial charge in [0.15, 0.2) is 0 Å². The molecular weight excluding hydrogens is 765 g/mol. The van der Waals surface area contributed by atoms with Crippen LogP contribution in [0.25, 0.3) is 0 Å². The molecule has 1 aliphatic carbocycles. The van der Waals surface area contributed by atoms with Gasteiger partial charge < -0.3 is 25.0 Å². The highest BCUT2D eigenvalue weighted by Gasteiger charge is 2.41. The zero-order valence-corrected chi connectivity index (χ0v) is 37.8. The number of ether oxygens (including phenoxy) is 2. The number of nitrogens with zero attached hydrogens (tertiary/aromatic N) is 3. The van der Waals surface area contributed by atoms with E-state index in [4.69, 9.17) is 24.5 Å². The topological polar surface area (TPSA) is 142 Å². The standard InChI is InChI=1S/C51H70N4O6/c1-7-9-10-11-12-13-14-15-16-17-18-19-20-21-22-23-26-61-51(59)48-35(8-2)42-29-41-34(5)47-45(57)27-37(50(47)55-41)49-36(24-25-46(58)60-6)32(3)40(54-49)28-39-33(4)38(31-56)43(52-39)30-44(48)53-42/h28-30,32,36,54,56-57H,7-27,31H2,1-6H3/t32-,36-/m0/s1. The van der Waals surface area contributed by atoms with E-state index in [1.54, 1.807) is 6.08 Å². The van der Waals surface area contributed by atoms with Crippen LogP contribution in [0.1, 0.15) is 163 Å². The van der Waals surface area contributed by atoms with Crippen LogP contribution in [-0.2, 0) is 19.1 Å². The predicted octanol–water partition coefficient (Wildman–Crippen LogP) is 11.4. The lowest BCUT2D eigenvalue weighted by Gasteiger charge is -2.17. The Balaban J connectivity index is 1.17. The summed E-state index contributed by atoms with van der Waals surface area (Å²) >= 11 is 0.